The van der Waals surface area contributed by atoms with Gasteiger partial charge in [-0.25, -0.2) is 0 Å². The molecular formula is C13H17N3S. The van der Waals surface area contributed by atoms with Crippen molar-refractivity contribution in [2.24, 2.45) is 0 Å². The standard InChI is InChI=1S/C13H17N3S/c1-13(2,3)16-10-14-15-12(16)17-9-11-7-5-4-6-8-11/h4-8,10H,9H2,1-3H3. The van der Waals surface area contributed by atoms with Gasteiger partial charge in [-0.2, -0.15) is 0 Å². The van der Waals surface area contributed by atoms with Crippen LogP contribution in [0.15, 0.2) is 41.8 Å². The maximum absolute atomic E-state index is 4.17. The maximum atomic E-state index is 4.17. The summed E-state index contributed by atoms with van der Waals surface area (Å²) < 4.78 is 2.11. The highest BCUT2D eigenvalue weighted by Gasteiger charge is 2.17. The largest absolute Gasteiger partial charge is 0.303 e. The Bertz CT molecular complexity index is 471. The Morgan fingerprint density at radius 3 is 2.53 bits per heavy atom. The van der Waals surface area contributed by atoms with Crippen LogP contribution in [0.25, 0.3) is 0 Å². The minimum atomic E-state index is 0.0303. The Labute approximate surface area is 106 Å². The zero-order valence-electron chi connectivity index (χ0n) is 10.4. The zero-order valence-corrected chi connectivity index (χ0v) is 11.2. The molecule has 3 nitrogen and oxygen atoms in total. The number of thioether (sulfide) groups is 1. The Hall–Kier alpha value is -1.29. The topological polar surface area (TPSA) is 30.7 Å². The van der Waals surface area contributed by atoms with E-state index in [1.807, 2.05) is 6.07 Å². The van der Waals surface area contributed by atoms with Gasteiger partial charge in [-0.15, -0.1) is 10.2 Å². The van der Waals surface area contributed by atoms with E-state index >= 15 is 0 Å². The van der Waals surface area contributed by atoms with E-state index in [2.05, 4.69) is 59.8 Å². The number of nitrogens with zero attached hydrogens (tertiary/aromatic N) is 3. The van der Waals surface area contributed by atoms with Gasteiger partial charge in [0.05, 0.1) is 0 Å². The summed E-state index contributed by atoms with van der Waals surface area (Å²) in [5.74, 6) is 0.926. The van der Waals surface area contributed by atoms with E-state index in [9.17, 15) is 0 Å². The lowest BCUT2D eigenvalue weighted by atomic mass is 10.1. The highest BCUT2D eigenvalue weighted by molar-refractivity contribution is 7.98. The first-order valence-corrected chi connectivity index (χ1v) is 6.63. The summed E-state index contributed by atoms with van der Waals surface area (Å²) in [6, 6.07) is 10.4. The van der Waals surface area contributed by atoms with Gasteiger partial charge in [0.2, 0.25) is 0 Å². The van der Waals surface area contributed by atoms with Crippen molar-refractivity contribution in [1.29, 1.82) is 0 Å². The molecule has 0 bridgehead atoms. The first-order chi connectivity index (χ1) is 8.07. The molecule has 0 unspecified atom stereocenters. The van der Waals surface area contributed by atoms with E-state index in [-0.39, 0.29) is 5.54 Å². The molecule has 1 aromatic heterocycles. The average Bonchev–Trinajstić information content (AvgIpc) is 2.75. The van der Waals surface area contributed by atoms with Crippen LogP contribution in [0.3, 0.4) is 0 Å². The third-order valence-corrected chi connectivity index (χ3v) is 3.46. The van der Waals surface area contributed by atoms with Crippen LogP contribution in [0.1, 0.15) is 26.3 Å². The molecule has 1 heterocycles. The molecular weight excluding hydrogens is 230 g/mol. The molecule has 0 atom stereocenters. The normalized spacial score (nSPS) is 11.7. The lowest BCUT2D eigenvalue weighted by molar-refractivity contribution is 0.367. The van der Waals surface area contributed by atoms with Crippen LogP contribution in [0.4, 0.5) is 0 Å². The molecule has 0 fully saturated rings. The number of benzene rings is 1. The van der Waals surface area contributed by atoms with E-state index < -0.39 is 0 Å². The summed E-state index contributed by atoms with van der Waals surface area (Å²) in [6.07, 6.45) is 1.80. The molecule has 1 aromatic carbocycles. The van der Waals surface area contributed by atoms with Gasteiger partial charge in [-0.3, -0.25) is 0 Å². The SMILES string of the molecule is CC(C)(C)n1cnnc1SCc1ccccc1. The van der Waals surface area contributed by atoms with Crippen LogP contribution < -0.4 is 0 Å². The number of rotatable bonds is 3. The van der Waals surface area contributed by atoms with Gasteiger partial charge in [-0.1, -0.05) is 42.1 Å². The molecule has 0 aliphatic rings. The molecule has 0 aliphatic heterocycles. The van der Waals surface area contributed by atoms with Gasteiger partial charge in [-0.05, 0) is 26.3 Å². The quantitative estimate of drug-likeness (QED) is 0.779. The highest BCUT2D eigenvalue weighted by Crippen LogP contribution is 2.25. The molecule has 0 amide bonds. The minimum Gasteiger partial charge on any atom is -0.303 e. The zero-order chi connectivity index (χ0) is 12.3. The molecule has 2 rings (SSSR count). The summed E-state index contributed by atoms with van der Waals surface area (Å²) in [5, 5.41) is 9.14. The summed E-state index contributed by atoms with van der Waals surface area (Å²) in [6.45, 7) is 6.47. The first-order valence-electron chi connectivity index (χ1n) is 5.64. The van der Waals surface area contributed by atoms with Gasteiger partial charge in [0.15, 0.2) is 5.16 Å². The Balaban J connectivity index is 2.08. The second kappa shape index (κ2) is 4.92. The summed E-state index contributed by atoms with van der Waals surface area (Å²) >= 11 is 1.72. The minimum absolute atomic E-state index is 0.0303. The van der Waals surface area contributed by atoms with Gasteiger partial charge in [0.1, 0.15) is 6.33 Å². The summed E-state index contributed by atoms with van der Waals surface area (Å²) in [5.41, 5.74) is 1.34. The molecule has 0 aliphatic carbocycles. The van der Waals surface area contributed by atoms with Gasteiger partial charge in [0.25, 0.3) is 0 Å². The Kier molecular flexibility index (Phi) is 3.52. The van der Waals surface area contributed by atoms with Crippen molar-refractivity contribution in [1.82, 2.24) is 14.8 Å². The molecule has 17 heavy (non-hydrogen) atoms. The lowest BCUT2D eigenvalue weighted by Crippen LogP contribution is -2.21. The fraction of sp³-hybridized carbons (Fsp3) is 0.385. The molecule has 0 saturated heterocycles. The third-order valence-electron chi connectivity index (χ3n) is 2.45. The van der Waals surface area contributed by atoms with Crippen molar-refractivity contribution >= 4 is 11.8 Å². The Morgan fingerprint density at radius 2 is 1.88 bits per heavy atom. The van der Waals surface area contributed by atoms with Crippen molar-refractivity contribution in [2.75, 3.05) is 0 Å². The summed E-state index contributed by atoms with van der Waals surface area (Å²) in [4.78, 5) is 0. The van der Waals surface area contributed by atoms with Crippen molar-refractivity contribution in [3.05, 3.63) is 42.2 Å². The summed E-state index contributed by atoms with van der Waals surface area (Å²) in [7, 11) is 0. The second-order valence-electron chi connectivity index (χ2n) is 4.93. The first kappa shape index (κ1) is 12.2. The smallest absolute Gasteiger partial charge is 0.191 e. The molecule has 0 radical (unpaired) electrons. The third kappa shape index (κ3) is 3.09. The average molecular weight is 247 g/mol. The van der Waals surface area contributed by atoms with E-state index in [0.717, 1.165) is 10.9 Å². The Morgan fingerprint density at radius 1 is 1.18 bits per heavy atom. The van der Waals surface area contributed by atoms with Crippen molar-refractivity contribution < 1.29 is 0 Å². The predicted molar refractivity (Wildman–Crippen MR) is 71.0 cm³/mol. The predicted octanol–water partition coefficient (Wildman–Crippen LogP) is 3.33. The van der Waals surface area contributed by atoms with Crippen LogP contribution in [-0.4, -0.2) is 14.8 Å². The molecule has 0 N–H and O–H groups in total. The molecule has 0 saturated carbocycles. The second-order valence-corrected chi connectivity index (χ2v) is 5.87. The fourth-order valence-electron chi connectivity index (χ4n) is 1.51. The van der Waals surface area contributed by atoms with E-state index in [4.69, 9.17) is 0 Å². The van der Waals surface area contributed by atoms with Crippen molar-refractivity contribution in [3.8, 4) is 0 Å². The van der Waals surface area contributed by atoms with Crippen LogP contribution in [-0.2, 0) is 11.3 Å². The number of aromatic nitrogens is 3. The molecule has 2 aromatic rings. The maximum Gasteiger partial charge on any atom is 0.191 e. The van der Waals surface area contributed by atoms with E-state index in [1.54, 1.807) is 18.1 Å². The van der Waals surface area contributed by atoms with Crippen LogP contribution in [0, 0.1) is 0 Å². The van der Waals surface area contributed by atoms with Crippen molar-refractivity contribution in [3.63, 3.8) is 0 Å². The van der Waals surface area contributed by atoms with Gasteiger partial charge < -0.3 is 4.57 Å². The van der Waals surface area contributed by atoms with Crippen LogP contribution in [0.2, 0.25) is 0 Å². The fourth-order valence-corrected chi connectivity index (χ4v) is 2.56. The highest BCUT2D eigenvalue weighted by atomic mass is 32.2. The van der Waals surface area contributed by atoms with Crippen LogP contribution in [0.5, 0.6) is 0 Å². The lowest BCUT2D eigenvalue weighted by Gasteiger charge is -2.21. The van der Waals surface area contributed by atoms with Crippen LogP contribution >= 0.6 is 11.8 Å². The molecule has 0 spiro atoms. The van der Waals surface area contributed by atoms with E-state index in [1.165, 1.54) is 5.56 Å². The van der Waals surface area contributed by atoms with Gasteiger partial charge >= 0.3 is 0 Å². The van der Waals surface area contributed by atoms with Gasteiger partial charge in [0, 0.05) is 11.3 Å². The molecule has 4 heteroatoms. The number of hydrogen-bond donors (Lipinski definition) is 0. The number of hydrogen-bond acceptors (Lipinski definition) is 3. The molecule has 90 valence electrons. The van der Waals surface area contributed by atoms with Crippen molar-refractivity contribution in [2.45, 2.75) is 37.2 Å². The monoisotopic (exact) mass is 247 g/mol. The van der Waals surface area contributed by atoms with E-state index in [0.29, 0.717) is 0 Å².